The monoisotopic (exact) mass is 398 g/mol. The van der Waals surface area contributed by atoms with E-state index in [4.69, 9.17) is 4.74 Å². The third-order valence-electron chi connectivity index (χ3n) is 4.49. The van der Waals surface area contributed by atoms with Crippen molar-refractivity contribution in [2.75, 3.05) is 7.11 Å². The number of aromatic nitrogens is 3. The van der Waals surface area contributed by atoms with Crippen LogP contribution in [0.2, 0.25) is 0 Å². The van der Waals surface area contributed by atoms with Crippen LogP contribution < -0.4 is 4.74 Å². The second-order valence-corrected chi connectivity index (χ2v) is 7.21. The number of nitriles is 1. The normalized spacial score (nSPS) is 10.5. The van der Waals surface area contributed by atoms with Crippen LogP contribution in [0.3, 0.4) is 0 Å². The smallest absolute Gasteiger partial charge is 0.196 e. The molecule has 0 aliphatic heterocycles. The third kappa shape index (κ3) is 4.00. The van der Waals surface area contributed by atoms with Gasteiger partial charge in [-0.2, -0.15) is 5.26 Å². The van der Waals surface area contributed by atoms with Crippen LogP contribution in [-0.4, -0.2) is 21.9 Å². The van der Waals surface area contributed by atoms with Crippen LogP contribution in [0.4, 0.5) is 0 Å². The molecule has 0 aliphatic carbocycles. The Morgan fingerprint density at radius 2 is 1.66 bits per heavy atom. The molecule has 3 aromatic carbocycles. The second kappa shape index (κ2) is 8.63. The van der Waals surface area contributed by atoms with Crippen LogP contribution in [0.25, 0.3) is 17.1 Å². The van der Waals surface area contributed by atoms with E-state index in [1.165, 1.54) is 0 Å². The van der Waals surface area contributed by atoms with E-state index in [1.807, 2.05) is 83.4 Å². The number of benzene rings is 3. The summed E-state index contributed by atoms with van der Waals surface area (Å²) in [6, 6.07) is 27.7. The highest BCUT2D eigenvalue weighted by Crippen LogP contribution is 2.30. The van der Waals surface area contributed by atoms with Crippen LogP contribution in [0, 0.1) is 11.3 Å². The summed E-state index contributed by atoms with van der Waals surface area (Å²) in [5.41, 5.74) is 3.59. The van der Waals surface area contributed by atoms with Gasteiger partial charge in [0.1, 0.15) is 5.75 Å². The molecule has 0 saturated carbocycles. The topological polar surface area (TPSA) is 63.7 Å². The van der Waals surface area contributed by atoms with E-state index in [-0.39, 0.29) is 0 Å². The third-order valence-corrected chi connectivity index (χ3v) is 5.47. The first-order valence-corrected chi connectivity index (χ1v) is 10.0. The number of ether oxygens (including phenoxy) is 1. The minimum atomic E-state index is 0.632. The molecule has 0 fully saturated rings. The fourth-order valence-electron chi connectivity index (χ4n) is 3.00. The van der Waals surface area contributed by atoms with E-state index in [0.717, 1.165) is 33.5 Å². The van der Waals surface area contributed by atoms with Gasteiger partial charge >= 0.3 is 0 Å². The maximum Gasteiger partial charge on any atom is 0.196 e. The molecule has 0 N–H and O–H groups in total. The van der Waals surface area contributed by atoms with Gasteiger partial charge in [-0.15, -0.1) is 10.2 Å². The van der Waals surface area contributed by atoms with Gasteiger partial charge in [0.25, 0.3) is 0 Å². The van der Waals surface area contributed by atoms with E-state index in [9.17, 15) is 5.26 Å². The molecule has 4 aromatic rings. The maximum atomic E-state index is 9.35. The van der Waals surface area contributed by atoms with Gasteiger partial charge in [-0.25, -0.2) is 0 Å². The fraction of sp³-hybridized carbons (Fsp3) is 0.0870. The zero-order valence-electron chi connectivity index (χ0n) is 15.8. The van der Waals surface area contributed by atoms with Gasteiger partial charge in [0.05, 0.1) is 18.7 Å². The van der Waals surface area contributed by atoms with Gasteiger partial charge in [0, 0.05) is 17.0 Å². The lowest BCUT2D eigenvalue weighted by Gasteiger charge is -2.11. The Bertz CT molecular complexity index is 1150. The van der Waals surface area contributed by atoms with Crippen molar-refractivity contribution in [2.45, 2.75) is 10.9 Å². The zero-order valence-corrected chi connectivity index (χ0v) is 16.6. The van der Waals surface area contributed by atoms with Crippen molar-refractivity contribution < 1.29 is 4.74 Å². The summed E-state index contributed by atoms with van der Waals surface area (Å²) in [4.78, 5) is 0. The summed E-state index contributed by atoms with van der Waals surface area (Å²) in [6.45, 7) is 0. The summed E-state index contributed by atoms with van der Waals surface area (Å²) < 4.78 is 7.32. The quantitative estimate of drug-likeness (QED) is 0.423. The first-order chi connectivity index (χ1) is 14.3. The molecule has 142 valence electrons. The largest absolute Gasteiger partial charge is 0.497 e. The Labute approximate surface area is 173 Å². The standard InChI is InChI=1S/C23H18N4OS/c1-28-21-13-11-20(12-14-21)27-22(17-7-3-2-4-8-17)25-26-23(27)29-16-19-10-6-5-9-18(19)15-24/h2-14H,16H2,1H3. The number of rotatable bonds is 6. The molecule has 0 unspecified atom stereocenters. The summed E-state index contributed by atoms with van der Waals surface area (Å²) in [7, 11) is 1.65. The van der Waals surface area contributed by atoms with Crippen LogP contribution in [-0.2, 0) is 5.75 Å². The first-order valence-electron chi connectivity index (χ1n) is 9.06. The molecule has 0 atom stereocenters. The van der Waals surface area contributed by atoms with Crippen molar-refractivity contribution in [3.05, 3.63) is 90.0 Å². The molecule has 0 saturated heterocycles. The molecular weight excluding hydrogens is 380 g/mol. The van der Waals surface area contributed by atoms with E-state index in [2.05, 4.69) is 16.3 Å². The molecule has 0 amide bonds. The average molecular weight is 398 g/mol. The Morgan fingerprint density at radius 1 is 0.931 bits per heavy atom. The van der Waals surface area contributed by atoms with E-state index >= 15 is 0 Å². The SMILES string of the molecule is COc1ccc(-n2c(SCc3ccccc3C#N)nnc2-c2ccccc2)cc1. The van der Waals surface area contributed by atoms with Gasteiger partial charge in [-0.1, -0.05) is 60.3 Å². The predicted octanol–water partition coefficient (Wildman–Crippen LogP) is 5.11. The summed E-state index contributed by atoms with van der Waals surface area (Å²) in [5.74, 6) is 2.19. The molecule has 29 heavy (non-hydrogen) atoms. The minimum absolute atomic E-state index is 0.632. The molecule has 1 heterocycles. The van der Waals surface area contributed by atoms with Gasteiger partial charge in [-0.3, -0.25) is 4.57 Å². The molecule has 5 nitrogen and oxygen atoms in total. The number of methoxy groups -OCH3 is 1. The van der Waals surface area contributed by atoms with E-state index in [0.29, 0.717) is 11.3 Å². The Kier molecular flexibility index (Phi) is 5.59. The van der Waals surface area contributed by atoms with Crippen molar-refractivity contribution in [3.63, 3.8) is 0 Å². The summed E-state index contributed by atoms with van der Waals surface area (Å²) in [5, 5.41) is 19.0. The molecule has 4 rings (SSSR count). The molecule has 6 heteroatoms. The minimum Gasteiger partial charge on any atom is -0.497 e. The van der Waals surface area contributed by atoms with Gasteiger partial charge in [0.2, 0.25) is 0 Å². The second-order valence-electron chi connectivity index (χ2n) is 6.26. The molecule has 0 aliphatic rings. The van der Waals surface area contributed by atoms with Crippen LogP contribution in [0.1, 0.15) is 11.1 Å². The Hall–Kier alpha value is -3.56. The molecule has 0 spiro atoms. The number of hydrogen-bond donors (Lipinski definition) is 0. The van der Waals surface area contributed by atoms with Crippen molar-refractivity contribution in [1.82, 2.24) is 14.8 Å². The Balaban J connectivity index is 1.73. The van der Waals surface area contributed by atoms with Crippen LogP contribution in [0.15, 0.2) is 84.0 Å². The predicted molar refractivity (Wildman–Crippen MR) is 114 cm³/mol. The first kappa shape index (κ1) is 18.8. The molecular formula is C23H18N4OS. The average Bonchev–Trinajstić information content (AvgIpc) is 3.22. The summed E-state index contributed by atoms with van der Waals surface area (Å²) in [6.07, 6.45) is 0. The molecule has 1 aromatic heterocycles. The number of hydrogen-bond acceptors (Lipinski definition) is 5. The van der Waals surface area contributed by atoms with Crippen molar-refractivity contribution in [2.24, 2.45) is 0 Å². The van der Waals surface area contributed by atoms with Gasteiger partial charge in [-0.05, 0) is 35.9 Å². The van der Waals surface area contributed by atoms with Crippen molar-refractivity contribution in [3.8, 4) is 28.9 Å². The van der Waals surface area contributed by atoms with Crippen molar-refractivity contribution in [1.29, 1.82) is 5.26 Å². The van der Waals surface area contributed by atoms with Crippen LogP contribution >= 0.6 is 11.8 Å². The van der Waals surface area contributed by atoms with Crippen LogP contribution in [0.5, 0.6) is 5.75 Å². The van der Waals surface area contributed by atoms with Gasteiger partial charge in [0.15, 0.2) is 11.0 Å². The highest BCUT2D eigenvalue weighted by atomic mass is 32.2. The Morgan fingerprint density at radius 3 is 2.38 bits per heavy atom. The lowest BCUT2D eigenvalue weighted by molar-refractivity contribution is 0.414. The molecule has 0 bridgehead atoms. The summed E-state index contributed by atoms with van der Waals surface area (Å²) >= 11 is 1.56. The lowest BCUT2D eigenvalue weighted by Crippen LogP contribution is -2.00. The van der Waals surface area contributed by atoms with E-state index < -0.39 is 0 Å². The number of thioether (sulfide) groups is 1. The van der Waals surface area contributed by atoms with Crippen molar-refractivity contribution >= 4 is 11.8 Å². The highest BCUT2D eigenvalue weighted by Gasteiger charge is 2.16. The molecule has 0 radical (unpaired) electrons. The number of nitrogens with zero attached hydrogens (tertiary/aromatic N) is 4. The zero-order chi connectivity index (χ0) is 20.1. The van der Waals surface area contributed by atoms with Gasteiger partial charge < -0.3 is 4.74 Å². The maximum absolute atomic E-state index is 9.35. The highest BCUT2D eigenvalue weighted by molar-refractivity contribution is 7.98. The lowest BCUT2D eigenvalue weighted by atomic mass is 10.1. The fourth-order valence-corrected chi connectivity index (χ4v) is 3.96. The van der Waals surface area contributed by atoms with E-state index in [1.54, 1.807) is 18.9 Å².